The van der Waals surface area contributed by atoms with Crippen molar-refractivity contribution in [2.24, 2.45) is 0 Å². The Labute approximate surface area is 135 Å². The second-order valence-corrected chi connectivity index (χ2v) is 6.70. The molecule has 0 spiro atoms. The number of amides is 1. The lowest BCUT2D eigenvalue weighted by Crippen LogP contribution is -2.44. The number of benzene rings is 1. The van der Waals surface area contributed by atoms with Gasteiger partial charge in [0, 0.05) is 28.3 Å². The third-order valence-corrected chi connectivity index (χ3v) is 4.58. The smallest absolute Gasteiger partial charge is 0.251 e. The highest BCUT2D eigenvalue weighted by Crippen LogP contribution is 2.13. The van der Waals surface area contributed by atoms with Crippen LogP contribution in [0.3, 0.4) is 0 Å². The van der Waals surface area contributed by atoms with Crippen LogP contribution in [0, 0.1) is 3.57 Å². The van der Waals surface area contributed by atoms with Gasteiger partial charge >= 0.3 is 0 Å². The molecule has 110 valence electrons. The predicted molar refractivity (Wildman–Crippen MR) is 91.0 cm³/mol. The van der Waals surface area contributed by atoms with Crippen molar-refractivity contribution in [3.63, 3.8) is 0 Å². The first kappa shape index (κ1) is 15.8. The summed E-state index contributed by atoms with van der Waals surface area (Å²) in [4.78, 5) is 14.7. The molecule has 0 radical (unpaired) electrons. The van der Waals surface area contributed by atoms with E-state index in [1.807, 2.05) is 24.3 Å². The Morgan fingerprint density at radius 2 is 1.95 bits per heavy atom. The molecule has 4 heteroatoms. The molecule has 0 aliphatic carbocycles. The zero-order valence-corrected chi connectivity index (χ0v) is 14.2. The predicted octanol–water partition coefficient (Wildman–Crippen LogP) is 3.29. The molecule has 1 saturated heterocycles. The molecule has 1 fully saturated rings. The molecule has 1 aliphatic rings. The summed E-state index contributed by atoms with van der Waals surface area (Å²) in [5, 5.41) is 3.16. The maximum atomic E-state index is 12.2. The number of carbonyl (C=O) groups excluding carboxylic acids is 1. The highest BCUT2D eigenvalue weighted by molar-refractivity contribution is 14.1. The monoisotopic (exact) mass is 386 g/mol. The molecule has 1 aliphatic heterocycles. The van der Waals surface area contributed by atoms with Crippen LogP contribution in [0.5, 0.6) is 0 Å². The van der Waals surface area contributed by atoms with Crippen LogP contribution in [0.25, 0.3) is 0 Å². The van der Waals surface area contributed by atoms with Crippen molar-refractivity contribution in [2.75, 3.05) is 19.6 Å². The van der Waals surface area contributed by atoms with Crippen LogP contribution in [-0.2, 0) is 0 Å². The summed E-state index contributed by atoms with van der Waals surface area (Å²) in [6.45, 7) is 5.65. The fourth-order valence-electron chi connectivity index (χ4n) is 2.55. The fourth-order valence-corrected chi connectivity index (χ4v) is 2.91. The van der Waals surface area contributed by atoms with Crippen molar-refractivity contribution in [2.45, 2.75) is 38.6 Å². The molecule has 0 bridgehead atoms. The van der Waals surface area contributed by atoms with E-state index in [1.54, 1.807) is 0 Å². The second kappa shape index (κ2) is 7.98. The van der Waals surface area contributed by atoms with Crippen molar-refractivity contribution in [1.29, 1.82) is 0 Å². The number of halogens is 1. The number of nitrogens with zero attached hydrogens (tertiary/aromatic N) is 1. The van der Waals surface area contributed by atoms with Gasteiger partial charge in [-0.25, -0.2) is 0 Å². The fraction of sp³-hybridized carbons (Fsp3) is 0.562. The number of unbranched alkanes of at least 4 members (excludes halogenated alkanes) is 1. The molecule has 1 amide bonds. The molecule has 3 nitrogen and oxygen atoms in total. The van der Waals surface area contributed by atoms with Crippen molar-refractivity contribution >= 4 is 28.5 Å². The first-order chi connectivity index (χ1) is 9.69. The van der Waals surface area contributed by atoms with E-state index in [1.165, 1.54) is 19.4 Å². The van der Waals surface area contributed by atoms with Gasteiger partial charge in [-0.2, -0.15) is 0 Å². The largest absolute Gasteiger partial charge is 0.349 e. The Kier molecular flexibility index (Phi) is 6.29. The van der Waals surface area contributed by atoms with Gasteiger partial charge in [0.2, 0.25) is 0 Å². The van der Waals surface area contributed by atoms with E-state index >= 15 is 0 Å². The average Bonchev–Trinajstić information content (AvgIpc) is 2.47. The number of piperidine rings is 1. The number of rotatable bonds is 5. The summed E-state index contributed by atoms with van der Waals surface area (Å²) < 4.78 is 1.16. The van der Waals surface area contributed by atoms with Crippen LogP contribution in [0.2, 0.25) is 0 Å². The SMILES string of the molecule is CCCCN1CCC(NC(=O)c2ccc(I)cc2)CC1. The summed E-state index contributed by atoms with van der Waals surface area (Å²) in [5.41, 5.74) is 0.763. The number of carbonyl (C=O) groups is 1. The van der Waals surface area contributed by atoms with Gasteiger partial charge in [-0.15, -0.1) is 0 Å². The lowest BCUT2D eigenvalue weighted by Gasteiger charge is -2.32. The van der Waals surface area contributed by atoms with Crippen LogP contribution >= 0.6 is 22.6 Å². The Morgan fingerprint density at radius 1 is 1.30 bits per heavy atom. The molecule has 0 saturated carbocycles. The zero-order valence-electron chi connectivity index (χ0n) is 12.1. The van der Waals surface area contributed by atoms with Gasteiger partial charge in [0.15, 0.2) is 0 Å². The minimum Gasteiger partial charge on any atom is -0.349 e. The summed E-state index contributed by atoms with van der Waals surface area (Å²) >= 11 is 2.25. The number of hydrogen-bond donors (Lipinski definition) is 1. The van der Waals surface area contributed by atoms with Crippen LogP contribution < -0.4 is 5.32 Å². The van der Waals surface area contributed by atoms with E-state index in [0.29, 0.717) is 6.04 Å². The van der Waals surface area contributed by atoms with E-state index in [0.717, 1.165) is 35.1 Å². The topological polar surface area (TPSA) is 32.3 Å². The van der Waals surface area contributed by atoms with E-state index in [-0.39, 0.29) is 5.91 Å². The van der Waals surface area contributed by atoms with Gasteiger partial charge in [0.05, 0.1) is 0 Å². The van der Waals surface area contributed by atoms with E-state index in [2.05, 4.69) is 39.7 Å². The van der Waals surface area contributed by atoms with Crippen LogP contribution in [0.4, 0.5) is 0 Å². The van der Waals surface area contributed by atoms with Crippen molar-refractivity contribution in [3.05, 3.63) is 33.4 Å². The third-order valence-electron chi connectivity index (χ3n) is 3.86. The lowest BCUT2D eigenvalue weighted by molar-refractivity contribution is 0.0911. The summed E-state index contributed by atoms with van der Waals surface area (Å²) in [5.74, 6) is 0.0633. The maximum Gasteiger partial charge on any atom is 0.251 e. The van der Waals surface area contributed by atoms with Gasteiger partial charge in [-0.05, 0) is 72.7 Å². The van der Waals surface area contributed by atoms with Gasteiger partial charge < -0.3 is 10.2 Å². The quantitative estimate of drug-likeness (QED) is 0.788. The molecule has 1 aromatic rings. The van der Waals surface area contributed by atoms with E-state index < -0.39 is 0 Å². The van der Waals surface area contributed by atoms with Gasteiger partial charge in [-0.3, -0.25) is 4.79 Å². The van der Waals surface area contributed by atoms with E-state index in [4.69, 9.17) is 0 Å². The Bertz CT molecular complexity index is 425. The molecule has 1 aromatic carbocycles. The first-order valence-corrected chi connectivity index (χ1v) is 8.55. The van der Waals surface area contributed by atoms with Gasteiger partial charge in [0.25, 0.3) is 5.91 Å². The average molecular weight is 386 g/mol. The summed E-state index contributed by atoms with van der Waals surface area (Å²) in [7, 11) is 0. The minimum atomic E-state index is 0.0633. The van der Waals surface area contributed by atoms with Crippen molar-refractivity contribution < 1.29 is 4.79 Å². The second-order valence-electron chi connectivity index (χ2n) is 5.45. The van der Waals surface area contributed by atoms with Crippen LogP contribution in [0.15, 0.2) is 24.3 Å². The molecule has 0 aromatic heterocycles. The molecule has 0 unspecified atom stereocenters. The standard InChI is InChI=1S/C16H23IN2O/c1-2-3-10-19-11-8-15(9-12-19)18-16(20)13-4-6-14(17)7-5-13/h4-7,15H,2-3,8-12H2,1H3,(H,18,20). The molecular weight excluding hydrogens is 363 g/mol. The summed E-state index contributed by atoms with van der Waals surface area (Å²) in [6.07, 6.45) is 4.67. The van der Waals surface area contributed by atoms with Gasteiger partial charge in [-0.1, -0.05) is 13.3 Å². The number of hydrogen-bond acceptors (Lipinski definition) is 2. The van der Waals surface area contributed by atoms with Gasteiger partial charge in [0.1, 0.15) is 0 Å². The Balaban J connectivity index is 1.77. The maximum absolute atomic E-state index is 12.2. The normalized spacial score (nSPS) is 17.1. The summed E-state index contributed by atoms with van der Waals surface area (Å²) in [6, 6.07) is 8.08. The minimum absolute atomic E-state index is 0.0633. The Hall–Kier alpha value is -0.620. The number of nitrogens with one attached hydrogen (secondary N) is 1. The zero-order chi connectivity index (χ0) is 14.4. The molecular formula is C16H23IN2O. The van der Waals surface area contributed by atoms with E-state index in [9.17, 15) is 4.79 Å². The molecule has 20 heavy (non-hydrogen) atoms. The van der Waals surface area contributed by atoms with Crippen LogP contribution in [-0.4, -0.2) is 36.5 Å². The molecule has 1 heterocycles. The third kappa shape index (κ3) is 4.74. The first-order valence-electron chi connectivity index (χ1n) is 7.48. The molecule has 2 rings (SSSR count). The molecule has 1 N–H and O–H groups in total. The highest BCUT2D eigenvalue weighted by atomic mass is 127. The molecule has 0 atom stereocenters. The van der Waals surface area contributed by atoms with Crippen molar-refractivity contribution in [3.8, 4) is 0 Å². The van der Waals surface area contributed by atoms with Crippen molar-refractivity contribution in [1.82, 2.24) is 10.2 Å². The Morgan fingerprint density at radius 3 is 2.55 bits per heavy atom. The highest BCUT2D eigenvalue weighted by Gasteiger charge is 2.20. The van der Waals surface area contributed by atoms with Crippen LogP contribution in [0.1, 0.15) is 43.0 Å². The lowest BCUT2D eigenvalue weighted by atomic mass is 10.0. The number of likely N-dealkylation sites (tertiary alicyclic amines) is 1.